The molecular formula is C21H34N4O. The monoisotopic (exact) mass is 358 g/mol. The summed E-state index contributed by atoms with van der Waals surface area (Å²) in [5, 5.41) is 3.29. The molecule has 5 nitrogen and oxygen atoms in total. The molecule has 1 saturated heterocycles. The van der Waals surface area contributed by atoms with Crippen molar-refractivity contribution in [1.29, 1.82) is 0 Å². The molecule has 1 heterocycles. The highest BCUT2D eigenvalue weighted by Gasteiger charge is 2.21. The van der Waals surface area contributed by atoms with Gasteiger partial charge in [0, 0.05) is 51.9 Å². The number of benzene rings is 1. The third-order valence-electron chi connectivity index (χ3n) is 5.72. The zero-order valence-electron chi connectivity index (χ0n) is 16.2. The number of nitrogens with zero attached hydrogens (tertiary/aromatic N) is 3. The van der Waals surface area contributed by atoms with Crippen LogP contribution in [0.15, 0.2) is 30.3 Å². The number of urea groups is 1. The maximum Gasteiger partial charge on any atom is 0.317 e. The molecule has 0 spiro atoms. The summed E-state index contributed by atoms with van der Waals surface area (Å²) >= 11 is 0. The van der Waals surface area contributed by atoms with Crippen molar-refractivity contribution in [1.82, 2.24) is 20.0 Å². The first kappa shape index (κ1) is 19.2. The van der Waals surface area contributed by atoms with Crippen molar-refractivity contribution in [3.05, 3.63) is 35.9 Å². The number of carbonyl (C=O) groups is 1. The number of nitrogens with one attached hydrogen (secondary N) is 1. The number of hydrogen-bond donors (Lipinski definition) is 1. The Labute approximate surface area is 158 Å². The molecule has 5 heteroatoms. The van der Waals surface area contributed by atoms with Gasteiger partial charge in [-0.25, -0.2) is 4.79 Å². The van der Waals surface area contributed by atoms with E-state index in [0.717, 1.165) is 52.1 Å². The van der Waals surface area contributed by atoms with Gasteiger partial charge in [0.25, 0.3) is 0 Å². The van der Waals surface area contributed by atoms with Crippen LogP contribution in [0.25, 0.3) is 0 Å². The van der Waals surface area contributed by atoms with Gasteiger partial charge >= 0.3 is 6.03 Å². The van der Waals surface area contributed by atoms with E-state index in [-0.39, 0.29) is 6.03 Å². The van der Waals surface area contributed by atoms with Crippen LogP contribution in [0.5, 0.6) is 0 Å². The summed E-state index contributed by atoms with van der Waals surface area (Å²) in [5.74, 6) is 0. The molecule has 0 atom stereocenters. The molecule has 2 amide bonds. The second kappa shape index (κ2) is 9.93. The first-order valence-corrected chi connectivity index (χ1v) is 10.2. The summed E-state index contributed by atoms with van der Waals surface area (Å²) in [7, 11) is 2.18. The van der Waals surface area contributed by atoms with Gasteiger partial charge in [0.2, 0.25) is 0 Å². The average molecular weight is 359 g/mol. The molecule has 1 N–H and O–H groups in total. The van der Waals surface area contributed by atoms with Crippen molar-refractivity contribution in [3.63, 3.8) is 0 Å². The van der Waals surface area contributed by atoms with Crippen LogP contribution in [0, 0.1) is 0 Å². The molecule has 2 fully saturated rings. The molecule has 1 aromatic carbocycles. The van der Waals surface area contributed by atoms with Crippen molar-refractivity contribution in [2.24, 2.45) is 0 Å². The molecule has 1 aliphatic heterocycles. The van der Waals surface area contributed by atoms with E-state index < -0.39 is 0 Å². The first-order chi connectivity index (χ1) is 12.7. The van der Waals surface area contributed by atoms with Crippen LogP contribution in [0.1, 0.15) is 37.7 Å². The smallest absolute Gasteiger partial charge is 0.317 e. The molecular weight excluding hydrogens is 324 g/mol. The minimum atomic E-state index is 0.106. The van der Waals surface area contributed by atoms with Crippen LogP contribution >= 0.6 is 0 Å². The van der Waals surface area contributed by atoms with Crippen molar-refractivity contribution in [2.75, 3.05) is 46.3 Å². The summed E-state index contributed by atoms with van der Waals surface area (Å²) in [5.41, 5.74) is 1.20. The highest BCUT2D eigenvalue weighted by molar-refractivity contribution is 5.74. The van der Waals surface area contributed by atoms with E-state index in [4.69, 9.17) is 0 Å². The molecule has 3 rings (SSSR count). The predicted octanol–water partition coefficient (Wildman–Crippen LogP) is 2.78. The number of piperazine rings is 1. The SMILES string of the molecule is CN1CCN(CCN(Cc2ccccc2)C(=O)NC2CCCCC2)CC1. The van der Waals surface area contributed by atoms with E-state index in [2.05, 4.69) is 34.3 Å². The number of likely N-dealkylation sites (N-methyl/N-ethyl adjacent to an activating group) is 1. The van der Waals surface area contributed by atoms with Crippen LogP contribution < -0.4 is 5.32 Å². The largest absolute Gasteiger partial charge is 0.335 e. The average Bonchev–Trinajstić information content (AvgIpc) is 2.68. The Morgan fingerprint density at radius 2 is 1.77 bits per heavy atom. The Morgan fingerprint density at radius 1 is 1.08 bits per heavy atom. The van der Waals surface area contributed by atoms with E-state index in [1.165, 1.54) is 24.8 Å². The normalized spacial score (nSPS) is 20.0. The van der Waals surface area contributed by atoms with E-state index in [1.807, 2.05) is 23.1 Å². The quantitative estimate of drug-likeness (QED) is 0.850. The second-order valence-electron chi connectivity index (χ2n) is 7.84. The van der Waals surface area contributed by atoms with Crippen molar-refractivity contribution in [2.45, 2.75) is 44.7 Å². The summed E-state index contributed by atoms with van der Waals surface area (Å²) in [6.07, 6.45) is 6.05. The molecule has 0 aromatic heterocycles. The number of carbonyl (C=O) groups excluding carboxylic acids is 1. The molecule has 0 unspecified atom stereocenters. The fourth-order valence-electron chi connectivity index (χ4n) is 3.90. The maximum atomic E-state index is 12.9. The van der Waals surface area contributed by atoms with Crippen LogP contribution in [0.4, 0.5) is 4.79 Å². The second-order valence-corrected chi connectivity index (χ2v) is 7.84. The molecule has 0 bridgehead atoms. The van der Waals surface area contributed by atoms with Gasteiger partial charge in [-0.05, 0) is 25.5 Å². The van der Waals surface area contributed by atoms with Gasteiger partial charge < -0.3 is 15.1 Å². The fraction of sp³-hybridized carbons (Fsp3) is 0.667. The van der Waals surface area contributed by atoms with Crippen LogP contribution in [0.3, 0.4) is 0 Å². The minimum Gasteiger partial charge on any atom is -0.335 e. The molecule has 1 aliphatic carbocycles. The summed E-state index contributed by atoms with van der Waals surface area (Å²) in [4.78, 5) is 19.8. The Balaban J connectivity index is 1.56. The molecule has 144 valence electrons. The van der Waals surface area contributed by atoms with E-state index in [0.29, 0.717) is 12.6 Å². The van der Waals surface area contributed by atoms with Crippen molar-refractivity contribution in [3.8, 4) is 0 Å². The fourth-order valence-corrected chi connectivity index (χ4v) is 3.90. The lowest BCUT2D eigenvalue weighted by atomic mass is 9.96. The van der Waals surface area contributed by atoms with Crippen molar-refractivity contribution >= 4 is 6.03 Å². The van der Waals surface area contributed by atoms with Crippen molar-refractivity contribution < 1.29 is 4.79 Å². The summed E-state index contributed by atoms with van der Waals surface area (Å²) in [6, 6.07) is 10.8. The van der Waals surface area contributed by atoms with Crippen LogP contribution in [0.2, 0.25) is 0 Å². The Bertz CT molecular complexity index is 536. The van der Waals surface area contributed by atoms with Crippen LogP contribution in [-0.2, 0) is 6.54 Å². The number of rotatable bonds is 6. The lowest BCUT2D eigenvalue weighted by Gasteiger charge is -2.34. The highest BCUT2D eigenvalue weighted by atomic mass is 16.2. The van der Waals surface area contributed by atoms with Gasteiger partial charge in [-0.2, -0.15) is 0 Å². The van der Waals surface area contributed by atoms with E-state index >= 15 is 0 Å². The predicted molar refractivity (Wildman–Crippen MR) is 106 cm³/mol. The molecule has 1 aromatic rings. The van der Waals surface area contributed by atoms with E-state index in [9.17, 15) is 4.79 Å². The van der Waals surface area contributed by atoms with E-state index in [1.54, 1.807) is 0 Å². The Morgan fingerprint density at radius 3 is 2.46 bits per heavy atom. The number of amides is 2. The standard InChI is InChI=1S/C21H34N4O/c1-23-12-14-24(15-13-23)16-17-25(18-19-8-4-2-5-9-19)21(26)22-20-10-6-3-7-11-20/h2,4-5,8-9,20H,3,6-7,10-18H2,1H3,(H,22,26). The van der Waals surface area contributed by atoms with Gasteiger partial charge in [-0.15, -0.1) is 0 Å². The Hall–Kier alpha value is -1.59. The zero-order valence-corrected chi connectivity index (χ0v) is 16.2. The van der Waals surface area contributed by atoms with Gasteiger partial charge in [0.1, 0.15) is 0 Å². The lowest BCUT2D eigenvalue weighted by Crippen LogP contribution is -2.50. The lowest BCUT2D eigenvalue weighted by molar-refractivity contribution is 0.134. The summed E-state index contributed by atoms with van der Waals surface area (Å²) < 4.78 is 0. The third kappa shape index (κ3) is 5.99. The highest BCUT2D eigenvalue weighted by Crippen LogP contribution is 2.18. The van der Waals surface area contributed by atoms with Gasteiger partial charge in [0.05, 0.1) is 0 Å². The molecule has 2 aliphatic rings. The minimum absolute atomic E-state index is 0.106. The van der Waals surface area contributed by atoms with Gasteiger partial charge in [-0.1, -0.05) is 49.6 Å². The molecule has 26 heavy (non-hydrogen) atoms. The summed E-state index contributed by atoms with van der Waals surface area (Å²) in [6.45, 7) is 6.86. The number of hydrogen-bond acceptors (Lipinski definition) is 3. The van der Waals surface area contributed by atoms with Gasteiger partial charge in [0.15, 0.2) is 0 Å². The maximum absolute atomic E-state index is 12.9. The van der Waals surface area contributed by atoms with Crippen LogP contribution in [-0.4, -0.2) is 73.1 Å². The zero-order chi connectivity index (χ0) is 18.2. The third-order valence-corrected chi connectivity index (χ3v) is 5.72. The molecule has 0 radical (unpaired) electrons. The Kier molecular flexibility index (Phi) is 7.32. The van der Waals surface area contributed by atoms with Gasteiger partial charge in [-0.3, -0.25) is 4.90 Å². The topological polar surface area (TPSA) is 38.8 Å². The first-order valence-electron chi connectivity index (χ1n) is 10.2. The molecule has 1 saturated carbocycles.